The van der Waals surface area contributed by atoms with Gasteiger partial charge < -0.3 is 9.88 Å². The molecule has 24 heavy (non-hydrogen) atoms. The molecule has 0 saturated carbocycles. The molecule has 0 radical (unpaired) electrons. The van der Waals surface area contributed by atoms with Crippen molar-refractivity contribution in [1.29, 1.82) is 0 Å². The summed E-state index contributed by atoms with van der Waals surface area (Å²) in [6, 6.07) is 16.8. The highest BCUT2D eigenvalue weighted by Crippen LogP contribution is 2.18. The van der Waals surface area contributed by atoms with Crippen LogP contribution < -0.4 is 10.9 Å². The Kier molecular flexibility index (Phi) is 3.35. The van der Waals surface area contributed by atoms with Crippen molar-refractivity contribution in [2.75, 3.05) is 5.32 Å². The first-order chi connectivity index (χ1) is 11.7. The first-order valence-corrected chi connectivity index (χ1v) is 7.54. The van der Waals surface area contributed by atoms with Crippen LogP contribution in [0.5, 0.6) is 0 Å². The van der Waals surface area contributed by atoms with Gasteiger partial charge in [0, 0.05) is 13.2 Å². The maximum atomic E-state index is 13.0. The number of anilines is 2. The number of imidazole rings is 1. The van der Waals surface area contributed by atoms with E-state index in [1.54, 1.807) is 17.0 Å². The predicted molar refractivity (Wildman–Crippen MR) is 93.8 cm³/mol. The van der Waals surface area contributed by atoms with Gasteiger partial charge in [0.2, 0.25) is 5.95 Å². The minimum atomic E-state index is -0.120. The standard InChI is InChI=1S/C18H15N5O/c1-22-11-16(19-12-22)21-18-20-15-10-6-5-9-14(15)17(24)23(18)13-7-3-2-4-8-13/h2-12H,1H3,(H,20,21). The third-order valence-corrected chi connectivity index (χ3v) is 3.73. The average molecular weight is 317 g/mol. The molecule has 6 heteroatoms. The summed E-state index contributed by atoms with van der Waals surface area (Å²) >= 11 is 0. The number of para-hydroxylation sites is 2. The molecule has 1 N–H and O–H groups in total. The number of rotatable bonds is 3. The monoisotopic (exact) mass is 317 g/mol. The first-order valence-electron chi connectivity index (χ1n) is 7.54. The van der Waals surface area contributed by atoms with E-state index in [1.165, 1.54) is 0 Å². The van der Waals surface area contributed by atoms with Crippen LogP contribution in [0.1, 0.15) is 0 Å². The van der Waals surface area contributed by atoms with Crippen molar-refractivity contribution in [1.82, 2.24) is 19.1 Å². The number of nitrogens with zero attached hydrogens (tertiary/aromatic N) is 4. The van der Waals surface area contributed by atoms with Crippen LogP contribution in [0.3, 0.4) is 0 Å². The van der Waals surface area contributed by atoms with E-state index in [0.717, 1.165) is 5.69 Å². The lowest BCUT2D eigenvalue weighted by Crippen LogP contribution is -2.22. The fourth-order valence-corrected chi connectivity index (χ4v) is 2.63. The van der Waals surface area contributed by atoms with Gasteiger partial charge in [-0.2, -0.15) is 0 Å². The lowest BCUT2D eigenvalue weighted by Gasteiger charge is -2.13. The number of aryl methyl sites for hydroxylation is 1. The van der Waals surface area contributed by atoms with E-state index >= 15 is 0 Å². The van der Waals surface area contributed by atoms with Gasteiger partial charge in [-0.25, -0.2) is 14.5 Å². The normalized spacial score (nSPS) is 10.9. The quantitative estimate of drug-likeness (QED) is 0.631. The third-order valence-electron chi connectivity index (χ3n) is 3.73. The summed E-state index contributed by atoms with van der Waals surface area (Å²) in [5.41, 5.74) is 1.28. The Labute approximate surface area is 138 Å². The highest BCUT2D eigenvalue weighted by atomic mass is 16.1. The molecule has 0 aliphatic carbocycles. The number of hydrogen-bond donors (Lipinski definition) is 1. The van der Waals surface area contributed by atoms with E-state index in [9.17, 15) is 4.79 Å². The smallest absolute Gasteiger partial charge is 0.267 e. The van der Waals surface area contributed by atoms with Crippen LogP contribution in [0.4, 0.5) is 11.8 Å². The van der Waals surface area contributed by atoms with Crippen LogP contribution in [0, 0.1) is 0 Å². The maximum Gasteiger partial charge on any atom is 0.267 e. The highest BCUT2D eigenvalue weighted by Gasteiger charge is 2.13. The molecule has 4 aromatic rings. The summed E-state index contributed by atoms with van der Waals surface area (Å²) in [4.78, 5) is 21.9. The van der Waals surface area contributed by atoms with Crippen LogP contribution in [-0.4, -0.2) is 19.1 Å². The van der Waals surface area contributed by atoms with Crippen molar-refractivity contribution < 1.29 is 0 Å². The van der Waals surface area contributed by atoms with Crippen LogP contribution in [0.2, 0.25) is 0 Å². The molecule has 2 heterocycles. The number of fused-ring (bicyclic) bond motifs is 1. The molecule has 0 fully saturated rings. The Balaban J connectivity index is 1.97. The van der Waals surface area contributed by atoms with Crippen molar-refractivity contribution in [2.24, 2.45) is 7.05 Å². The van der Waals surface area contributed by atoms with Crippen molar-refractivity contribution in [3.05, 3.63) is 77.5 Å². The van der Waals surface area contributed by atoms with Gasteiger partial charge in [0.15, 0.2) is 5.82 Å². The number of aromatic nitrogens is 4. The van der Waals surface area contributed by atoms with E-state index in [0.29, 0.717) is 22.7 Å². The molecule has 2 aromatic heterocycles. The molecule has 118 valence electrons. The van der Waals surface area contributed by atoms with Crippen LogP contribution >= 0.6 is 0 Å². The van der Waals surface area contributed by atoms with Crippen molar-refractivity contribution >= 4 is 22.7 Å². The second kappa shape index (κ2) is 5.66. The third kappa shape index (κ3) is 2.44. The number of hydrogen-bond acceptors (Lipinski definition) is 4. The second-order valence-corrected chi connectivity index (χ2v) is 5.48. The zero-order valence-corrected chi connectivity index (χ0v) is 13.0. The largest absolute Gasteiger partial charge is 0.338 e. The molecule has 0 amide bonds. The molecular formula is C18H15N5O. The molecule has 0 saturated heterocycles. The van der Waals surface area contributed by atoms with E-state index < -0.39 is 0 Å². The second-order valence-electron chi connectivity index (χ2n) is 5.48. The maximum absolute atomic E-state index is 13.0. The lowest BCUT2D eigenvalue weighted by molar-refractivity contribution is 0.913. The SMILES string of the molecule is Cn1cnc(Nc2nc3ccccc3c(=O)n2-c2ccccc2)c1. The van der Waals surface area contributed by atoms with E-state index in [2.05, 4.69) is 15.3 Å². The van der Waals surface area contributed by atoms with E-state index in [-0.39, 0.29) is 5.56 Å². The minimum absolute atomic E-state index is 0.120. The summed E-state index contributed by atoms with van der Waals surface area (Å²) in [5.74, 6) is 1.06. The van der Waals surface area contributed by atoms with Gasteiger partial charge in [-0.15, -0.1) is 0 Å². The zero-order chi connectivity index (χ0) is 16.5. The Bertz CT molecular complexity index is 1070. The fourth-order valence-electron chi connectivity index (χ4n) is 2.63. The zero-order valence-electron chi connectivity index (χ0n) is 13.0. The molecular weight excluding hydrogens is 302 g/mol. The lowest BCUT2D eigenvalue weighted by atomic mass is 10.2. The van der Waals surface area contributed by atoms with Crippen molar-refractivity contribution in [2.45, 2.75) is 0 Å². The fraction of sp³-hybridized carbons (Fsp3) is 0.0556. The summed E-state index contributed by atoms with van der Waals surface area (Å²) < 4.78 is 3.39. The van der Waals surface area contributed by atoms with E-state index in [4.69, 9.17) is 0 Å². The summed E-state index contributed by atoms with van der Waals surface area (Å²) in [7, 11) is 1.89. The van der Waals surface area contributed by atoms with Crippen molar-refractivity contribution in [3.63, 3.8) is 0 Å². The Morgan fingerprint density at radius 3 is 2.50 bits per heavy atom. The van der Waals surface area contributed by atoms with E-state index in [1.807, 2.05) is 66.3 Å². The van der Waals surface area contributed by atoms with Crippen LogP contribution in [-0.2, 0) is 7.05 Å². The van der Waals surface area contributed by atoms with Crippen LogP contribution in [0.25, 0.3) is 16.6 Å². The average Bonchev–Trinajstić information content (AvgIpc) is 3.01. The summed E-state index contributed by atoms with van der Waals surface area (Å²) in [6.07, 6.45) is 3.52. The predicted octanol–water partition coefficient (Wildman–Crippen LogP) is 2.86. The molecule has 2 aromatic carbocycles. The molecule has 4 rings (SSSR count). The minimum Gasteiger partial charge on any atom is -0.338 e. The Morgan fingerprint density at radius 1 is 1.00 bits per heavy atom. The molecule has 0 spiro atoms. The van der Waals surface area contributed by atoms with Gasteiger partial charge in [0.1, 0.15) is 0 Å². The Hall–Kier alpha value is -3.41. The molecule has 0 aliphatic rings. The van der Waals surface area contributed by atoms with Crippen LogP contribution in [0.15, 0.2) is 71.9 Å². The molecule has 0 atom stereocenters. The number of benzene rings is 2. The van der Waals surface area contributed by atoms with Gasteiger partial charge in [0.25, 0.3) is 5.56 Å². The first kappa shape index (κ1) is 14.2. The van der Waals surface area contributed by atoms with Gasteiger partial charge >= 0.3 is 0 Å². The number of nitrogens with one attached hydrogen (secondary N) is 1. The summed E-state index contributed by atoms with van der Waals surface area (Å²) in [6.45, 7) is 0. The van der Waals surface area contributed by atoms with Crippen molar-refractivity contribution in [3.8, 4) is 5.69 Å². The highest BCUT2D eigenvalue weighted by molar-refractivity contribution is 5.79. The topological polar surface area (TPSA) is 64.7 Å². The molecule has 0 bridgehead atoms. The van der Waals surface area contributed by atoms with Gasteiger partial charge in [0.05, 0.1) is 22.9 Å². The molecule has 0 aliphatic heterocycles. The Morgan fingerprint density at radius 2 is 1.75 bits per heavy atom. The summed E-state index contributed by atoms with van der Waals surface area (Å²) in [5, 5.41) is 3.72. The van der Waals surface area contributed by atoms with Gasteiger partial charge in [-0.05, 0) is 24.3 Å². The molecule has 0 unspecified atom stereocenters. The van der Waals surface area contributed by atoms with Gasteiger partial charge in [-0.1, -0.05) is 30.3 Å². The molecule has 6 nitrogen and oxygen atoms in total. The van der Waals surface area contributed by atoms with Gasteiger partial charge in [-0.3, -0.25) is 4.79 Å².